The van der Waals surface area contributed by atoms with Crippen molar-refractivity contribution >= 4 is 56.0 Å². The first-order valence-corrected chi connectivity index (χ1v) is 12.0. The molecule has 0 saturated heterocycles. The summed E-state index contributed by atoms with van der Waals surface area (Å²) in [5.41, 5.74) is 3.15. The largest absolute Gasteiger partial charge is 0.493 e. The summed E-state index contributed by atoms with van der Waals surface area (Å²) in [7, 11) is 3.23. The van der Waals surface area contributed by atoms with E-state index in [1.54, 1.807) is 20.3 Å². The van der Waals surface area contributed by atoms with Crippen molar-refractivity contribution in [2.75, 3.05) is 25.3 Å². The van der Waals surface area contributed by atoms with Gasteiger partial charge in [0.2, 0.25) is 11.0 Å². The number of methoxy groups -OCH3 is 2. The molecule has 1 atom stereocenters. The number of fused-ring (bicyclic) bond motifs is 3. The first-order chi connectivity index (χ1) is 15.0. The van der Waals surface area contributed by atoms with Crippen LogP contribution in [0.1, 0.15) is 11.8 Å². The summed E-state index contributed by atoms with van der Waals surface area (Å²) in [6.45, 7) is 3.74. The van der Waals surface area contributed by atoms with Gasteiger partial charge in [-0.3, -0.25) is 0 Å². The number of nitrogens with zero attached hydrogens (tertiary/aromatic N) is 3. The summed E-state index contributed by atoms with van der Waals surface area (Å²) in [6, 6.07) is 9.79. The molecule has 1 N–H and O–H groups in total. The van der Waals surface area contributed by atoms with E-state index in [1.165, 1.54) is 11.8 Å². The summed E-state index contributed by atoms with van der Waals surface area (Å²) < 4.78 is 19.2. The molecule has 0 bridgehead atoms. The summed E-state index contributed by atoms with van der Waals surface area (Å²) >= 11 is 7.20. The van der Waals surface area contributed by atoms with Gasteiger partial charge in [0.05, 0.1) is 17.8 Å². The van der Waals surface area contributed by atoms with Crippen molar-refractivity contribution in [2.45, 2.75) is 11.4 Å². The number of hydrogen-bond acceptors (Lipinski definition) is 8. The highest BCUT2D eigenvalue weighted by molar-refractivity contribution is 14.1. The van der Waals surface area contributed by atoms with Gasteiger partial charge in [-0.05, 0) is 52.9 Å². The lowest BCUT2D eigenvalue weighted by atomic mass is 10.1. The zero-order valence-electron chi connectivity index (χ0n) is 16.7. The van der Waals surface area contributed by atoms with Gasteiger partial charge < -0.3 is 19.5 Å². The van der Waals surface area contributed by atoms with Crippen LogP contribution < -0.4 is 19.5 Å². The van der Waals surface area contributed by atoms with Crippen molar-refractivity contribution in [1.29, 1.82) is 0 Å². The number of benzene rings is 2. The molecule has 4 rings (SSSR count). The molecule has 3 aromatic rings. The SMILES string of the molecule is C=CCSc1nnc2c(n1)OC(c1cc(I)c(OC)c(OC)c1)Nc1ccc(Br)cc1-2. The van der Waals surface area contributed by atoms with Crippen LogP contribution >= 0.6 is 50.3 Å². The van der Waals surface area contributed by atoms with Gasteiger partial charge in [-0.2, -0.15) is 4.98 Å². The van der Waals surface area contributed by atoms with Crippen LogP contribution in [0.5, 0.6) is 17.4 Å². The average Bonchev–Trinajstić information content (AvgIpc) is 2.93. The highest BCUT2D eigenvalue weighted by Crippen LogP contribution is 2.42. The molecule has 0 aliphatic carbocycles. The average molecular weight is 613 g/mol. The second kappa shape index (κ2) is 9.61. The molecule has 10 heteroatoms. The lowest BCUT2D eigenvalue weighted by molar-refractivity contribution is 0.224. The predicted octanol–water partition coefficient (Wildman–Crippen LogP) is 5.70. The van der Waals surface area contributed by atoms with Crippen molar-refractivity contribution in [3.8, 4) is 28.6 Å². The molecule has 31 heavy (non-hydrogen) atoms. The highest BCUT2D eigenvalue weighted by Gasteiger charge is 2.27. The fraction of sp³-hybridized carbons (Fsp3) is 0.190. The summed E-state index contributed by atoms with van der Waals surface area (Å²) in [6.07, 6.45) is 1.27. The second-order valence-electron chi connectivity index (χ2n) is 6.42. The van der Waals surface area contributed by atoms with Crippen LogP contribution in [0.4, 0.5) is 5.69 Å². The fourth-order valence-electron chi connectivity index (χ4n) is 3.10. The lowest BCUT2D eigenvalue weighted by Gasteiger charge is -2.21. The van der Waals surface area contributed by atoms with Crippen molar-refractivity contribution in [2.24, 2.45) is 0 Å². The molecule has 0 spiro atoms. The lowest BCUT2D eigenvalue weighted by Crippen LogP contribution is -2.17. The van der Waals surface area contributed by atoms with Crippen LogP contribution in [0.3, 0.4) is 0 Å². The van der Waals surface area contributed by atoms with E-state index in [4.69, 9.17) is 14.2 Å². The Kier molecular flexibility index (Phi) is 6.87. The number of hydrogen-bond donors (Lipinski definition) is 1. The minimum atomic E-state index is -0.525. The Morgan fingerprint density at radius 1 is 1.26 bits per heavy atom. The molecule has 1 aliphatic rings. The maximum atomic E-state index is 6.34. The number of ether oxygens (including phenoxy) is 3. The number of aromatic nitrogens is 3. The van der Waals surface area contributed by atoms with Crippen LogP contribution in [-0.4, -0.2) is 35.2 Å². The van der Waals surface area contributed by atoms with Gasteiger partial charge in [-0.15, -0.1) is 16.8 Å². The molecule has 0 amide bonds. The Balaban J connectivity index is 1.83. The maximum absolute atomic E-state index is 6.34. The monoisotopic (exact) mass is 612 g/mol. The first-order valence-electron chi connectivity index (χ1n) is 9.17. The smallest absolute Gasteiger partial charge is 0.247 e. The van der Waals surface area contributed by atoms with E-state index in [9.17, 15) is 0 Å². The molecule has 7 nitrogen and oxygen atoms in total. The van der Waals surface area contributed by atoms with Crippen molar-refractivity contribution in [3.05, 3.63) is 56.6 Å². The molecule has 0 fully saturated rings. The molecule has 1 unspecified atom stereocenters. The minimum Gasteiger partial charge on any atom is -0.493 e. The Hall–Kier alpha value is -2.05. The topological polar surface area (TPSA) is 78.4 Å². The molecule has 2 aromatic carbocycles. The van der Waals surface area contributed by atoms with E-state index in [-0.39, 0.29) is 0 Å². The van der Waals surface area contributed by atoms with Gasteiger partial charge in [0.25, 0.3) is 0 Å². The summed E-state index contributed by atoms with van der Waals surface area (Å²) in [4.78, 5) is 4.62. The molecule has 0 saturated carbocycles. The second-order valence-corrected chi connectivity index (χ2v) is 9.48. The Labute approximate surface area is 206 Å². The van der Waals surface area contributed by atoms with Crippen LogP contribution in [0.15, 0.2) is 52.6 Å². The van der Waals surface area contributed by atoms with Crippen molar-refractivity contribution in [1.82, 2.24) is 15.2 Å². The number of anilines is 1. The van der Waals surface area contributed by atoms with E-state index in [0.29, 0.717) is 34.0 Å². The number of rotatable bonds is 6. The van der Waals surface area contributed by atoms with Gasteiger partial charge in [0.15, 0.2) is 23.4 Å². The minimum absolute atomic E-state index is 0.403. The van der Waals surface area contributed by atoms with Gasteiger partial charge >= 0.3 is 0 Å². The first kappa shape index (κ1) is 22.2. The van der Waals surface area contributed by atoms with Crippen LogP contribution in [0, 0.1) is 3.57 Å². The van der Waals surface area contributed by atoms with Gasteiger partial charge in [0.1, 0.15) is 0 Å². The van der Waals surface area contributed by atoms with Crippen LogP contribution in [-0.2, 0) is 0 Å². The van der Waals surface area contributed by atoms with Crippen LogP contribution in [0.25, 0.3) is 11.3 Å². The number of thioether (sulfide) groups is 1. The van der Waals surface area contributed by atoms with E-state index < -0.39 is 6.23 Å². The van der Waals surface area contributed by atoms with Crippen molar-refractivity contribution < 1.29 is 14.2 Å². The van der Waals surface area contributed by atoms with Crippen LogP contribution in [0.2, 0.25) is 0 Å². The highest BCUT2D eigenvalue weighted by atomic mass is 127. The Morgan fingerprint density at radius 2 is 2.10 bits per heavy atom. The molecule has 2 heterocycles. The quantitative estimate of drug-likeness (QED) is 0.216. The normalized spacial score (nSPS) is 14.4. The third kappa shape index (κ3) is 4.60. The van der Waals surface area contributed by atoms with E-state index >= 15 is 0 Å². The zero-order chi connectivity index (χ0) is 22.0. The standard InChI is InChI=1S/C21H18BrIN4O3S/c1-4-7-31-21-25-20-17(26-27-21)13-10-12(22)5-6-15(13)24-19(30-20)11-8-14(23)18(29-3)16(9-11)28-2/h4-6,8-10,19,24H,1,7H2,2-3H3. The third-order valence-corrected chi connectivity index (χ3v) is 6.61. The van der Waals surface area contributed by atoms with Gasteiger partial charge in [0, 0.05) is 27.0 Å². The molecule has 1 aliphatic heterocycles. The molecular weight excluding hydrogens is 595 g/mol. The molecule has 1 aromatic heterocycles. The van der Waals surface area contributed by atoms with E-state index in [2.05, 4.69) is 65.6 Å². The van der Waals surface area contributed by atoms with Crippen molar-refractivity contribution in [3.63, 3.8) is 0 Å². The van der Waals surface area contributed by atoms with Gasteiger partial charge in [-0.1, -0.05) is 33.8 Å². The molecular formula is C21H18BrIN4O3S. The molecule has 160 valence electrons. The summed E-state index contributed by atoms with van der Waals surface area (Å²) in [5, 5.41) is 12.7. The summed E-state index contributed by atoms with van der Waals surface area (Å²) in [5.74, 6) is 2.38. The third-order valence-electron chi connectivity index (χ3n) is 4.48. The number of halogens is 2. The van der Waals surface area contributed by atoms with E-state index in [1.807, 2.05) is 30.3 Å². The predicted molar refractivity (Wildman–Crippen MR) is 133 cm³/mol. The van der Waals surface area contributed by atoms with Gasteiger partial charge in [-0.25, -0.2) is 0 Å². The van der Waals surface area contributed by atoms with E-state index in [0.717, 1.165) is 24.9 Å². The molecule has 0 radical (unpaired) electrons. The maximum Gasteiger partial charge on any atom is 0.247 e. The number of nitrogens with one attached hydrogen (secondary N) is 1. The zero-order valence-corrected chi connectivity index (χ0v) is 21.2. The Morgan fingerprint density at radius 3 is 2.84 bits per heavy atom. The fourth-order valence-corrected chi connectivity index (χ4v) is 4.82. The Bertz CT molecular complexity index is 1150.